The van der Waals surface area contributed by atoms with Crippen molar-refractivity contribution in [3.63, 3.8) is 0 Å². The molecule has 3 atom stereocenters. The molecule has 2 nitrogen and oxygen atoms in total. The van der Waals surface area contributed by atoms with Crippen LogP contribution in [0.3, 0.4) is 0 Å². The van der Waals surface area contributed by atoms with Gasteiger partial charge in [-0.15, -0.1) is 0 Å². The third kappa shape index (κ3) is 2.57. The molecule has 1 aliphatic carbocycles. The second kappa shape index (κ2) is 4.98. The number of ether oxygens (including phenoxy) is 1. The molecule has 0 aromatic heterocycles. The summed E-state index contributed by atoms with van der Waals surface area (Å²) >= 11 is 0. The molecule has 0 saturated heterocycles. The fraction of sp³-hybridized carbons (Fsp3) is 0.667. The number of hydrogen-bond donors (Lipinski definition) is 1. The molecule has 21 heavy (non-hydrogen) atoms. The number of benzene rings is 1. The molecule has 3 unspecified atom stereocenters. The van der Waals surface area contributed by atoms with Gasteiger partial charge in [-0.2, -0.15) is 0 Å². The van der Waals surface area contributed by atoms with Crippen molar-refractivity contribution in [3.8, 4) is 5.75 Å². The Morgan fingerprint density at radius 2 is 2.10 bits per heavy atom. The molecule has 3 rings (SSSR count). The monoisotopic (exact) mass is 291 g/mol. The van der Waals surface area contributed by atoms with Gasteiger partial charge >= 0.3 is 0 Å². The Morgan fingerprint density at radius 1 is 1.33 bits per heavy atom. The summed E-state index contributed by atoms with van der Waals surface area (Å²) in [5.74, 6) is 1.01. The van der Waals surface area contributed by atoms with E-state index in [4.69, 9.17) is 4.74 Å². The Bertz CT molecular complexity index is 542. The van der Waals surface area contributed by atoms with Gasteiger partial charge in [-0.05, 0) is 36.8 Å². The SMILES string of the molecule is CCNC1CC2(CC(C)(C)CC2C)Oc2cc(F)ccc21. The summed E-state index contributed by atoms with van der Waals surface area (Å²) in [5.41, 5.74) is 1.23. The smallest absolute Gasteiger partial charge is 0.127 e. The average molecular weight is 291 g/mol. The van der Waals surface area contributed by atoms with Gasteiger partial charge in [0.1, 0.15) is 17.2 Å². The molecule has 2 aliphatic rings. The molecule has 1 heterocycles. The van der Waals surface area contributed by atoms with Gasteiger partial charge in [-0.3, -0.25) is 0 Å². The van der Waals surface area contributed by atoms with Crippen LogP contribution in [0, 0.1) is 17.2 Å². The maximum atomic E-state index is 13.6. The minimum Gasteiger partial charge on any atom is -0.486 e. The van der Waals surface area contributed by atoms with E-state index in [1.54, 1.807) is 6.07 Å². The first-order valence-electron chi connectivity index (χ1n) is 8.07. The van der Waals surface area contributed by atoms with Gasteiger partial charge in [-0.25, -0.2) is 4.39 Å². The zero-order chi connectivity index (χ0) is 15.3. The molecular formula is C18H26FNO. The fourth-order valence-corrected chi connectivity index (χ4v) is 4.51. The van der Waals surface area contributed by atoms with Crippen LogP contribution in [0.25, 0.3) is 0 Å². The van der Waals surface area contributed by atoms with Crippen LogP contribution in [0.1, 0.15) is 58.6 Å². The van der Waals surface area contributed by atoms with Crippen molar-refractivity contribution in [2.24, 2.45) is 11.3 Å². The Hall–Kier alpha value is -1.09. The minimum absolute atomic E-state index is 0.156. The van der Waals surface area contributed by atoms with Crippen molar-refractivity contribution in [1.82, 2.24) is 5.32 Å². The molecule has 1 aromatic carbocycles. The third-order valence-corrected chi connectivity index (χ3v) is 5.20. The lowest BCUT2D eigenvalue weighted by atomic mass is 9.80. The molecule has 0 amide bonds. The van der Waals surface area contributed by atoms with Crippen LogP contribution in [0.15, 0.2) is 18.2 Å². The van der Waals surface area contributed by atoms with E-state index < -0.39 is 0 Å². The number of hydrogen-bond acceptors (Lipinski definition) is 2. The number of halogens is 1. The lowest BCUT2D eigenvalue weighted by Gasteiger charge is -2.43. The summed E-state index contributed by atoms with van der Waals surface area (Å²) in [6.45, 7) is 9.93. The van der Waals surface area contributed by atoms with Crippen molar-refractivity contribution in [1.29, 1.82) is 0 Å². The van der Waals surface area contributed by atoms with E-state index in [0.717, 1.165) is 37.1 Å². The summed E-state index contributed by atoms with van der Waals surface area (Å²) in [6, 6.07) is 5.22. The zero-order valence-electron chi connectivity index (χ0n) is 13.5. The first-order chi connectivity index (χ1) is 9.85. The maximum absolute atomic E-state index is 13.6. The van der Waals surface area contributed by atoms with E-state index in [1.807, 2.05) is 6.07 Å². The van der Waals surface area contributed by atoms with E-state index >= 15 is 0 Å². The molecule has 116 valence electrons. The van der Waals surface area contributed by atoms with Crippen LogP contribution >= 0.6 is 0 Å². The third-order valence-electron chi connectivity index (χ3n) is 5.20. The number of rotatable bonds is 2. The molecule has 0 bridgehead atoms. The van der Waals surface area contributed by atoms with Gasteiger partial charge in [0.05, 0.1) is 0 Å². The zero-order valence-corrected chi connectivity index (χ0v) is 13.5. The quantitative estimate of drug-likeness (QED) is 0.869. The highest BCUT2D eigenvalue weighted by Crippen LogP contribution is 2.55. The standard InChI is InChI=1S/C18H26FNO/c1-5-20-15-10-18(11-17(3,4)9-12(18)2)21-16-8-13(19)6-7-14(15)16/h6-8,12,15,20H,5,9-11H2,1-4H3. The van der Waals surface area contributed by atoms with E-state index in [-0.39, 0.29) is 17.5 Å². The van der Waals surface area contributed by atoms with Gasteiger partial charge in [0, 0.05) is 24.1 Å². The predicted molar refractivity (Wildman–Crippen MR) is 83.0 cm³/mol. The Morgan fingerprint density at radius 3 is 2.71 bits per heavy atom. The minimum atomic E-state index is -0.217. The van der Waals surface area contributed by atoms with Crippen LogP contribution in [-0.4, -0.2) is 12.1 Å². The van der Waals surface area contributed by atoms with Crippen LogP contribution in [0.2, 0.25) is 0 Å². The summed E-state index contributed by atoms with van der Waals surface area (Å²) in [4.78, 5) is 0. The molecule has 1 aromatic rings. The molecule has 1 spiro atoms. The van der Waals surface area contributed by atoms with Crippen molar-refractivity contribution in [2.75, 3.05) is 6.54 Å². The highest BCUT2D eigenvalue weighted by Gasteiger charge is 2.53. The Balaban J connectivity index is 2.00. The topological polar surface area (TPSA) is 21.3 Å². The van der Waals surface area contributed by atoms with Crippen LogP contribution in [0.4, 0.5) is 4.39 Å². The van der Waals surface area contributed by atoms with Crippen molar-refractivity contribution >= 4 is 0 Å². The van der Waals surface area contributed by atoms with Crippen molar-refractivity contribution in [2.45, 2.75) is 58.6 Å². The van der Waals surface area contributed by atoms with E-state index in [1.165, 1.54) is 6.07 Å². The number of fused-ring (bicyclic) bond motifs is 1. The van der Waals surface area contributed by atoms with E-state index in [0.29, 0.717) is 11.3 Å². The van der Waals surface area contributed by atoms with Gasteiger partial charge in [0.25, 0.3) is 0 Å². The normalized spacial score (nSPS) is 33.8. The highest BCUT2D eigenvalue weighted by atomic mass is 19.1. The first kappa shape index (κ1) is 14.8. The summed E-state index contributed by atoms with van der Waals surface area (Å²) in [7, 11) is 0. The van der Waals surface area contributed by atoms with E-state index in [2.05, 4.69) is 33.0 Å². The summed E-state index contributed by atoms with van der Waals surface area (Å²) in [6.07, 6.45) is 3.18. The lowest BCUT2D eigenvalue weighted by molar-refractivity contribution is -0.00298. The molecule has 1 N–H and O–H groups in total. The number of nitrogens with one attached hydrogen (secondary N) is 1. The molecule has 1 aliphatic heterocycles. The molecular weight excluding hydrogens is 265 g/mol. The lowest BCUT2D eigenvalue weighted by Crippen LogP contribution is -2.46. The highest BCUT2D eigenvalue weighted by molar-refractivity contribution is 5.40. The predicted octanol–water partition coefficient (Wildman–Crippen LogP) is 4.45. The summed E-state index contributed by atoms with van der Waals surface area (Å²) < 4.78 is 20.0. The van der Waals surface area contributed by atoms with Crippen LogP contribution in [0.5, 0.6) is 5.75 Å². The van der Waals surface area contributed by atoms with Crippen LogP contribution in [-0.2, 0) is 0 Å². The second-order valence-electron chi connectivity index (χ2n) is 7.61. The van der Waals surface area contributed by atoms with Gasteiger partial charge in [-0.1, -0.05) is 33.8 Å². The Labute approximate surface area is 127 Å². The van der Waals surface area contributed by atoms with Crippen molar-refractivity contribution in [3.05, 3.63) is 29.6 Å². The fourth-order valence-electron chi connectivity index (χ4n) is 4.51. The van der Waals surface area contributed by atoms with Gasteiger partial charge in [0.2, 0.25) is 0 Å². The van der Waals surface area contributed by atoms with Crippen molar-refractivity contribution < 1.29 is 9.13 Å². The van der Waals surface area contributed by atoms with Gasteiger partial charge in [0.15, 0.2) is 0 Å². The second-order valence-corrected chi connectivity index (χ2v) is 7.61. The molecule has 1 saturated carbocycles. The van der Waals surface area contributed by atoms with Gasteiger partial charge < -0.3 is 10.1 Å². The summed E-state index contributed by atoms with van der Waals surface area (Å²) in [5, 5.41) is 3.56. The average Bonchev–Trinajstić information content (AvgIpc) is 2.58. The Kier molecular flexibility index (Phi) is 3.52. The van der Waals surface area contributed by atoms with E-state index in [9.17, 15) is 4.39 Å². The molecule has 3 heteroatoms. The molecule has 0 radical (unpaired) electrons. The molecule has 1 fully saturated rings. The first-order valence-corrected chi connectivity index (χ1v) is 8.07. The van der Waals surface area contributed by atoms with Crippen LogP contribution < -0.4 is 10.1 Å². The maximum Gasteiger partial charge on any atom is 0.127 e. The largest absolute Gasteiger partial charge is 0.486 e.